The van der Waals surface area contributed by atoms with Crippen LogP contribution >= 0.6 is 15.9 Å². The molecular weight excluding hydrogens is 317 g/mol. The van der Waals surface area contributed by atoms with E-state index in [0.717, 1.165) is 4.47 Å². The van der Waals surface area contributed by atoms with Crippen molar-refractivity contribution >= 4 is 15.9 Å². The van der Waals surface area contributed by atoms with Gasteiger partial charge in [0, 0.05) is 29.7 Å². The predicted octanol–water partition coefficient (Wildman–Crippen LogP) is 1.76. The van der Waals surface area contributed by atoms with Crippen molar-refractivity contribution in [3.63, 3.8) is 0 Å². The lowest BCUT2D eigenvalue weighted by molar-refractivity contribution is -0.0649. The third kappa shape index (κ3) is 4.50. The highest BCUT2D eigenvalue weighted by Gasteiger charge is 2.20. The molecule has 106 valence electrons. The first kappa shape index (κ1) is 14.9. The molecule has 0 bridgehead atoms. The second-order valence-electron chi connectivity index (χ2n) is 4.37. The molecule has 0 radical (unpaired) electrons. The molecule has 0 amide bonds. The predicted molar refractivity (Wildman–Crippen MR) is 72.2 cm³/mol. The zero-order valence-corrected chi connectivity index (χ0v) is 12.1. The van der Waals surface area contributed by atoms with Gasteiger partial charge < -0.3 is 14.6 Å². The lowest BCUT2D eigenvalue weighted by Crippen LogP contribution is -2.35. The Kier molecular flexibility index (Phi) is 5.72. The summed E-state index contributed by atoms with van der Waals surface area (Å²) in [5.74, 6) is -0.251. The minimum Gasteiger partial charge on any atom is -0.395 e. The van der Waals surface area contributed by atoms with Crippen molar-refractivity contribution < 1.29 is 19.0 Å². The maximum atomic E-state index is 13.7. The van der Waals surface area contributed by atoms with E-state index in [1.165, 1.54) is 6.07 Å². The van der Waals surface area contributed by atoms with Crippen LogP contribution in [0.1, 0.15) is 5.56 Å². The summed E-state index contributed by atoms with van der Waals surface area (Å²) in [5.41, 5.74) is 0.584. The Morgan fingerprint density at radius 1 is 1.37 bits per heavy atom. The molecule has 19 heavy (non-hydrogen) atoms. The van der Waals surface area contributed by atoms with Crippen molar-refractivity contribution in [2.24, 2.45) is 0 Å². The molecule has 1 N–H and O–H groups in total. The average molecular weight is 334 g/mol. The summed E-state index contributed by atoms with van der Waals surface area (Å²) in [6, 6.07) is 4.84. The molecule has 2 rings (SSSR count). The van der Waals surface area contributed by atoms with Gasteiger partial charge in [0.2, 0.25) is 0 Å². The zero-order chi connectivity index (χ0) is 13.7. The van der Waals surface area contributed by atoms with Crippen molar-refractivity contribution in [2.45, 2.75) is 12.8 Å². The van der Waals surface area contributed by atoms with E-state index in [-0.39, 0.29) is 18.7 Å². The Morgan fingerprint density at radius 3 is 2.79 bits per heavy atom. The van der Waals surface area contributed by atoms with Crippen LogP contribution in [0.2, 0.25) is 0 Å². The maximum absolute atomic E-state index is 13.7. The van der Waals surface area contributed by atoms with E-state index >= 15 is 0 Å². The first-order chi connectivity index (χ1) is 9.19. The van der Waals surface area contributed by atoms with Crippen molar-refractivity contribution in [3.05, 3.63) is 34.1 Å². The minimum absolute atomic E-state index is 0.0162. The van der Waals surface area contributed by atoms with Crippen LogP contribution in [0.4, 0.5) is 4.39 Å². The average Bonchev–Trinajstić information content (AvgIpc) is 2.87. The molecule has 1 aromatic rings. The van der Waals surface area contributed by atoms with E-state index in [1.54, 1.807) is 12.1 Å². The first-order valence-electron chi connectivity index (χ1n) is 6.19. The molecule has 0 aliphatic carbocycles. The van der Waals surface area contributed by atoms with Gasteiger partial charge in [-0.15, -0.1) is 0 Å². The van der Waals surface area contributed by atoms with Gasteiger partial charge in [0.25, 0.3) is 0 Å². The molecule has 1 heterocycles. The van der Waals surface area contributed by atoms with E-state index in [1.807, 2.05) is 4.90 Å². The molecule has 0 unspecified atom stereocenters. The van der Waals surface area contributed by atoms with Gasteiger partial charge >= 0.3 is 0 Å². The van der Waals surface area contributed by atoms with Crippen LogP contribution in [0.15, 0.2) is 22.7 Å². The number of benzene rings is 1. The van der Waals surface area contributed by atoms with E-state index in [2.05, 4.69) is 15.9 Å². The Bertz CT molecular complexity index is 413. The van der Waals surface area contributed by atoms with Gasteiger partial charge in [-0.05, 0) is 18.2 Å². The van der Waals surface area contributed by atoms with E-state index in [9.17, 15) is 4.39 Å². The number of aliphatic hydroxyl groups is 1. The highest BCUT2D eigenvalue weighted by atomic mass is 79.9. The van der Waals surface area contributed by atoms with Crippen LogP contribution in [0.25, 0.3) is 0 Å². The lowest BCUT2D eigenvalue weighted by Gasteiger charge is -2.24. The molecule has 4 nitrogen and oxygen atoms in total. The fourth-order valence-electron chi connectivity index (χ4n) is 2.01. The molecule has 1 fully saturated rings. The summed E-state index contributed by atoms with van der Waals surface area (Å²) in [6.45, 7) is 2.57. The topological polar surface area (TPSA) is 41.9 Å². The fourth-order valence-corrected chi connectivity index (χ4v) is 2.41. The molecule has 0 atom stereocenters. The van der Waals surface area contributed by atoms with E-state index in [0.29, 0.717) is 38.4 Å². The fraction of sp³-hybridized carbons (Fsp3) is 0.538. The van der Waals surface area contributed by atoms with Gasteiger partial charge in [-0.25, -0.2) is 4.39 Å². The van der Waals surface area contributed by atoms with Crippen LogP contribution in [0.3, 0.4) is 0 Å². The lowest BCUT2D eigenvalue weighted by atomic mass is 10.2. The number of rotatable bonds is 6. The smallest absolute Gasteiger partial charge is 0.170 e. The molecule has 1 saturated heterocycles. The Balaban J connectivity index is 2.00. The van der Waals surface area contributed by atoms with Gasteiger partial charge in [0.1, 0.15) is 5.82 Å². The molecular formula is C13H17BrFNO3. The second kappa shape index (κ2) is 7.31. The van der Waals surface area contributed by atoms with Gasteiger partial charge in [-0.1, -0.05) is 15.9 Å². The highest BCUT2D eigenvalue weighted by molar-refractivity contribution is 9.10. The third-order valence-electron chi connectivity index (χ3n) is 2.92. The Labute approximate surface area is 120 Å². The summed E-state index contributed by atoms with van der Waals surface area (Å²) in [4.78, 5) is 1.92. The van der Waals surface area contributed by atoms with Crippen LogP contribution in [-0.2, 0) is 16.0 Å². The van der Waals surface area contributed by atoms with Crippen molar-refractivity contribution in [2.75, 3.05) is 32.9 Å². The van der Waals surface area contributed by atoms with Crippen molar-refractivity contribution in [1.82, 2.24) is 4.90 Å². The molecule has 0 spiro atoms. The van der Waals surface area contributed by atoms with Crippen LogP contribution < -0.4 is 0 Å². The number of hydrogen-bond acceptors (Lipinski definition) is 4. The Hall–Kier alpha value is -0.530. The van der Waals surface area contributed by atoms with Crippen LogP contribution in [0.5, 0.6) is 0 Å². The normalized spacial score (nSPS) is 16.4. The monoisotopic (exact) mass is 333 g/mol. The van der Waals surface area contributed by atoms with Gasteiger partial charge in [-0.2, -0.15) is 0 Å². The standard InChI is InChI=1S/C13H17BrFNO3/c14-11-1-2-12(15)10(7-11)8-16(3-4-17)9-13-18-5-6-19-13/h1-2,7,13,17H,3-6,8-9H2. The summed E-state index contributed by atoms with van der Waals surface area (Å²) in [5, 5.41) is 9.09. The van der Waals surface area contributed by atoms with E-state index in [4.69, 9.17) is 14.6 Å². The Morgan fingerprint density at radius 2 is 2.11 bits per heavy atom. The molecule has 1 aliphatic heterocycles. The number of nitrogens with zero attached hydrogens (tertiary/aromatic N) is 1. The minimum atomic E-state index is -0.290. The van der Waals surface area contributed by atoms with Gasteiger partial charge in [0.15, 0.2) is 6.29 Å². The molecule has 1 aliphatic rings. The molecule has 1 aromatic carbocycles. The van der Waals surface area contributed by atoms with Crippen LogP contribution in [-0.4, -0.2) is 49.2 Å². The molecule has 0 saturated carbocycles. The summed E-state index contributed by atoms with van der Waals surface area (Å²) in [6.07, 6.45) is -0.290. The molecule has 0 aromatic heterocycles. The van der Waals surface area contributed by atoms with Gasteiger partial charge in [-0.3, -0.25) is 4.90 Å². The second-order valence-corrected chi connectivity index (χ2v) is 5.28. The first-order valence-corrected chi connectivity index (χ1v) is 6.98. The van der Waals surface area contributed by atoms with Crippen molar-refractivity contribution in [1.29, 1.82) is 0 Å². The summed E-state index contributed by atoms with van der Waals surface area (Å²) < 4.78 is 25.3. The zero-order valence-electron chi connectivity index (χ0n) is 10.5. The maximum Gasteiger partial charge on any atom is 0.170 e. The van der Waals surface area contributed by atoms with E-state index < -0.39 is 0 Å². The SMILES string of the molecule is OCCN(Cc1cc(Br)ccc1F)CC1OCCO1. The molecule has 6 heteroatoms. The summed E-state index contributed by atoms with van der Waals surface area (Å²) in [7, 11) is 0. The highest BCUT2D eigenvalue weighted by Crippen LogP contribution is 2.18. The van der Waals surface area contributed by atoms with Gasteiger partial charge in [0.05, 0.1) is 19.8 Å². The van der Waals surface area contributed by atoms with Crippen molar-refractivity contribution in [3.8, 4) is 0 Å². The quantitative estimate of drug-likeness (QED) is 0.861. The van der Waals surface area contributed by atoms with Crippen LogP contribution in [0, 0.1) is 5.82 Å². The largest absolute Gasteiger partial charge is 0.395 e. The number of halogens is 2. The third-order valence-corrected chi connectivity index (χ3v) is 3.41. The number of ether oxygens (including phenoxy) is 2. The summed E-state index contributed by atoms with van der Waals surface area (Å²) >= 11 is 3.33. The number of hydrogen-bond donors (Lipinski definition) is 1. The number of aliphatic hydroxyl groups excluding tert-OH is 1.